The number of carbonyl (C=O) groups is 1. The van der Waals surface area contributed by atoms with Gasteiger partial charge in [-0.25, -0.2) is 0 Å². The maximum Gasteiger partial charge on any atom is 0.123 e. The average Bonchev–Trinajstić information content (AvgIpc) is 3.00. The van der Waals surface area contributed by atoms with Crippen LogP contribution in [0.1, 0.15) is 113 Å². The number of aliphatic hydroxyl groups excluding tert-OH is 1. The molecule has 0 saturated heterocycles. The highest BCUT2D eigenvalue weighted by atomic mass is 16.3. The van der Waals surface area contributed by atoms with Crippen molar-refractivity contribution in [1.29, 1.82) is 0 Å². The van der Waals surface area contributed by atoms with Crippen molar-refractivity contribution >= 4 is 6.29 Å². The Morgan fingerprint density at radius 3 is 2.38 bits per heavy atom. The molecular weight excluding hydrogens is 392 g/mol. The van der Waals surface area contributed by atoms with Crippen LogP contribution in [0.15, 0.2) is 22.8 Å². The second kappa shape index (κ2) is 8.10. The van der Waals surface area contributed by atoms with Gasteiger partial charge in [0.25, 0.3) is 0 Å². The first kappa shape index (κ1) is 24.2. The molecule has 0 aromatic heterocycles. The molecule has 0 spiro atoms. The minimum absolute atomic E-state index is 0.00106. The molecule has 0 bridgehead atoms. The second-order valence-corrected chi connectivity index (χ2v) is 13.4. The maximum absolute atomic E-state index is 12.3. The Balaban J connectivity index is 1.67. The summed E-state index contributed by atoms with van der Waals surface area (Å²) < 4.78 is 0. The molecule has 4 aliphatic carbocycles. The van der Waals surface area contributed by atoms with E-state index < -0.39 is 0 Å². The third-order valence-electron chi connectivity index (χ3n) is 11.5. The number of fused-ring (bicyclic) bond motifs is 4. The van der Waals surface area contributed by atoms with Gasteiger partial charge in [0.05, 0.1) is 6.10 Å². The van der Waals surface area contributed by atoms with Gasteiger partial charge in [-0.05, 0) is 112 Å². The Labute approximate surface area is 197 Å². The predicted octanol–water partition coefficient (Wildman–Crippen LogP) is 7.66. The van der Waals surface area contributed by atoms with E-state index in [0.29, 0.717) is 11.8 Å². The van der Waals surface area contributed by atoms with E-state index in [4.69, 9.17) is 0 Å². The normalized spacial score (nSPS) is 43.7. The highest BCUT2D eigenvalue weighted by molar-refractivity contribution is 5.55. The monoisotopic (exact) mass is 440 g/mol. The summed E-state index contributed by atoms with van der Waals surface area (Å²) in [5, 5.41) is 10.8. The second-order valence-electron chi connectivity index (χ2n) is 13.4. The van der Waals surface area contributed by atoms with E-state index >= 15 is 0 Å². The minimum Gasteiger partial charge on any atom is -0.393 e. The van der Waals surface area contributed by atoms with E-state index in [2.05, 4.69) is 54.5 Å². The summed E-state index contributed by atoms with van der Waals surface area (Å²) in [6, 6.07) is 0. The first-order chi connectivity index (χ1) is 14.9. The Kier molecular flexibility index (Phi) is 6.14. The molecule has 0 amide bonds. The number of aliphatic hydroxyl groups is 1. The van der Waals surface area contributed by atoms with Gasteiger partial charge in [0, 0.05) is 5.92 Å². The Morgan fingerprint density at radius 1 is 1.00 bits per heavy atom. The summed E-state index contributed by atoms with van der Waals surface area (Å²) in [5.74, 6) is 1.28. The number of hydrogen-bond donors (Lipinski definition) is 1. The van der Waals surface area contributed by atoms with Gasteiger partial charge in [-0.1, -0.05) is 57.4 Å². The van der Waals surface area contributed by atoms with Crippen molar-refractivity contribution in [2.45, 2.75) is 119 Å². The van der Waals surface area contributed by atoms with E-state index in [9.17, 15) is 9.90 Å². The van der Waals surface area contributed by atoms with Crippen LogP contribution >= 0.6 is 0 Å². The minimum atomic E-state index is -0.169. The van der Waals surface area contributed by atoms with Crippen LogP contribution in [0.5, 0.6) is 0 Å². The van der Waals surface area contributed by atoms with Crippen molar-refractivity contribution in [3.63, 3.8) is 0 Å². The Bertz CT molecular complexity index is 815. The highest BCUT2D eigenvalue weighted by Gasteiger charge is 2.63. The molecule has 2 unspecified atom stereocenters. The van der Waals surface area contributed by atoms with E-state index in [1.807, 2.05) is 0 Å². The van der Waals surface area contributed by atoms with Crippen LogP contribution in [-0.2, 0) is 4.79 Å². The van der Waals surface area contributed by atoms with Crippen LogP contribution < -0.4 is 0 Å². The first-order valence-corrected chi connectivity index (χ1v) is 13.4. The molecule has 1 N–H and O–H groups in total. The number of aldehydes is 1. The molecule has 2 heteroatoms. The zero-order valence-electron chi connectivity index (χ0n) is 21.9. The molecule has 0 heterocycles. The Morgan fingerprint density at radius 2 is 1.72 bits per heavy atom. The van der Waals surface area contributed by atoms with Crippen molar-refractivity contribution in [3.8, 4) is 0 Å². The molecule has 0 radical (unpaired) electrons. The lowest BCUT2D eigenvalue weighted by molar-refractivity contribution is -0.115. The lowest BCUT2D eigenvalue weighted by atomic mass is 9.43. The third-order valence-corrected chi connectivity index (χ3v) is 11.5. The Hall–Kier alpha value is -0.890. The van der Waals surface area contributed by atoms with Crippen molar-refractivity contribution in [2.75, 3.05) is 0 Å². The molecule has 0 aliphatic heterocycles. The largest absolute Gasteiger partial charge is 0.393 e. The molecule has 2 fully saturated rings. The van der Waals surface area contributed by atoms with E-state index in [-0.39, 0.29) is 33.7 Å². The van der Waals surface area contributed by atoms with Crippen molar-refractivity contribution in [3.05, 3.63) is 22.8 Å². The standard InChI is InChI=1S/C30H48O2/c1-20(2)9-8-10-21(19-31)22-13-17-30(7)24-11-12-25-27(3,4)26(32)15-16-28(25,5)23(24)14-18-29(22,30)6/h9,19,21-22,25-26,32H,8,10-18H2,1-7H3/t21?,22-,25?,26+,28-,29-,30+/m1/s1. The lowest BCUT2D eigenvalue weighted by Crippen LogP contribution is -2.55. The number of allylic oxidation sites excluding steroid dienone is 4. The molecule has 2 nitrogen and oxygen atoms in total. The van der Waals surface area contributed by atoms with E-state index in [0.717, 1.165) is 25.7 Å². The van der Waals surface area contributed by atoms with Gasteiger partial charge in [0.1, 0.15) is 6.29 Å². The quantitative estimate of drug-likeness (QED) is 0.352. The fourth-order valence-electron chi connectivity index (χ4n) is 9.33. The van der Waals surface area contributed by atoms with Crippen LogP contribution in [0.4, 0.5) is 0 Å². The zero-order chi connectivity index (χ0) is 23.5. The number of hydrogen-bond acceptors (Lipinski definition) is 2. The molecule has 32 heavy (non-hydrogen) atoms. The molecule has 180 valence electrons. The molecule has 7 atom stereocenters. The summed E-state index contributed by atoms with van der Waals surface area (Å²) in [5.41, 5.74) is 5.60. The topological polar surface area (TPSA) is 37.3 Å². The molecule has 0 aromatic rings. The predicted molar refractivity (Wildman–Crippen MR) is 133 cm³/mol. The van der Waals surface area contributed by atoms with Crippen LogP contribution in [0.2, 0.25) is 0 Å². The summed E-state index contributed by atoms with van der Waals surface area (Å²) in [7, 11) is 0. The van der Waals surface area contributed by atoms with Gasteiger partial charge < -0.3 is 9.90 Å². The van der Waals surface area contributed by atoms with Crippen LogP contribution in [-0.4, -0.2) is 17.5 Å². The molecular formula is C30H48O2. The fraction of sp³-hybridized carbons (Fsp3) is 0.833. The van der Waals surface area contributed by atoms with Gasteiger partial charge >= 0.3 is 0 Å². The molecule has 0 aromatic carbocycles. The van der Waals surface area contributed by atoms with Gasteiger partial charge in [-0.2, -0.15) is 0 Å². The smallest absolute Gasteiger partial charge is 0.123 e. The SMILES string of the molecule is CC(C)=CCCC(C=O)[C@H]1CC[C@@]2(C)C3=C(CC[C@]12C)[C@@]1(C)CC[C@H](O)C(C)(C)C1CC3. The molecule has 4 aliphatic rings. The summed E-state index contributed by atoms with van der Waals surface area (Å²) >= 11 is 0. The maximum atomic E-state index is 12.3. The molecule has 4 rings (SSSR count). The van der Waals surface area contributed by atoms with Gasteiger partial charge in [0.2, 0.25) is 0 Å². The van der Waals surface area contributed by atoms with E-state index in [1.165, 1.54) is 50.4 Å². The first-order valence-electron chi connectivity index (χ1n) is 13.4. The van der Waals surface area contributed by atoms with Crippen molar-refractivity contribution in [1.82, 2.24) is 0 Å². The summed E-state index contributed by atoms with van der Waals surface area (Å²) in [4.78, 5) is 12.3. The summed E-state index contributed by atoms with van der Waals surface area (Å²) in [6.07, 6.45) is 14.8. The fourth-order valence-corrected chi connectivity index (χ4v) is 9.33. The van der Waals surface area contributed by atoms with Gasteiger partial charge in [0.15, 0.2) is 0 Å². The van der Waals surface area contributed by atoms with Gasteiger partial charge in [-0.3, -0.25) is 0 Å². The van der Waals surface area contributed by atoms with Crippen LogP contribution in [0.3, 0.4) is 0 Å². The highest BCUT2D eigenvalue weighted by Crippen LogP contribution is 2.72. The number of carbonyl (C=O) groups excluding carboxylic acids is 1. The number of rotatable bonds is 5. The van der Waals surface area contributed by atoms with Crippen molar-refractivity contribution in [2.24, 2.45) is 39.4 Å². The average molecular weight is 441 g/mol. The van der Waals surface area contributed by atoms with Gasteiger partial charge in [-0.15, -0.1) is 0 Å². The van der Waals surface area contributed by atoms with Crippen LogP contribution in [0.25, 0.3) is 0 Å². The molecule has 2 saturated carbocycles. The zero-order valence-corrected chi connectivity index (χ0v) is 21.9. The lowest BCUT2D eigenvalue weighted by Gasteiger charge is -2.62. The van der Waals surface area contributed by atoms with Crippen molar-refractivity contribution < 1.29 is 9.90 Å². The van der Waals surface area contributed by atoms with Crippen LogP contribution in [0, 0.1) is 39.4 Å². The third kappa shape index (κ3) is 3.33. The summed E-state index contributed by atoms with van der Waals surface area (Å²) in [6.45, 7) is 16.6. The van der Waals surface area contributed by atoms with E-state index in [1.54, 1.807) is 11.1 Å².